The average molecular weight is 341 g/mol. The highest BCUT2D eigenvalue weighted by molar-refractivity contribution is 5.99. The molecule has 2 aromatic rings. The number of aromatic nitrogens is 1. The summed E-state index contributed by atoms with van der Waals surface area (Å²) in [7, 11) is 1.56. The summed E-state index contributed by atoms with van der Waals surface area (Å²) in [6.07, 6.45) is 3.09. The number of nitrogens with zero attached hydrogens (tertiary/aromatic N) is 2. The first-order valence-electron chi connectivity index (χ1n) is 8.07. The van der Waals surface area contributed by atoms with Crippen LogP contribution in [-0.2, 0) is 9.53 Å². The van der Waals surface area contributed by atoms with Gasteiger partial charge in [0.2, 0.25) is 5.91 Å². The van der Waals surface area contributed by atoms with Gasteiger partial charge in [0.1, 0.15) is 6.54 Å². The molecule has 1 heterocycles. The smallest absolute Gasteiger partial charge is 0.255 e. The van der Waals surface area contributed by atoms with Gasteiger partial charge >= 0.3 is 0 Å². The number of hydrogen-bond donors (Lipinski definition) is 1. The Hall–Kier alpha value is -2.73. The molecule has 1 aromatic heterocycles. The number of nitrogens with one attached hydrogen (secondary N) is 1. The van der Waals surface area contributed by atoms with Crippen molar-refractivity contribution in [2.45, 2.75) is 13.8 Å². The second-order valence-electron chi connectivity index (χ2n) is 5.76. The Morgan fingerprint density at radius 3 is 2.68 bits per heavy atom. The SMILES string of the molecule is COCCN(CC(=O)Nc1cccc(C)c1C)C(=O)c1cccnc1. The molecule has 0 aliphatic heterocycles. The van der Waals surface area contributed by atoms with Crippen LogP contribution in [-0.4, -0.2) is 48.5 Å². The predicted octanol–water partition coefficient (Wildman–Crippen LogP) is 2.43. The number of hydrogen-bond acceptors (Lipinski definition) is 4. The second-order valence-corrected chi connectivity index (χ2v) is 5.76. The van der Waals surface area contributed by atoms with Gasteiger partial charge in [0.15, 0.2) is 0 Å². The Balaban J connectivity index is 2.09. The Labute approximate surface area is 147 Å². The topological polar surface area (TPSA) is 71.5 Å². The molecule has 25 heavy (non-hydrogen) atoms. The number of benzene rings is 1. The van der Waals surface area contributed by atoms with E-state index in [9.17, 15) is 9.59 Å². The van der Waals surface area contributed by atoms with Crippen molar-refractivity contribution in [1.82, 2.24) is 9.88 Å². The van der Waals surface area contributed by atoms with Crippen molar-refractivity contribution in [1.29, 1.82) is 0 Å². The summed E-state index contributed by atoms with van der Waals surface area (Å²) in [6.45, 7) is 4.56. The van der Waals surface area contributed by atoms with Gasteiger partial charge < -0.3 is 15.0 Å². The molecule has 2 rings (SSSR count). The van der Waals surface area contributed by atoms with E-state index in [2.05, 4.69) is 10.3 Å². The lowest BCUT2D eigenvalue weighted by atomic mass is 10.1. The molecule has 0 saturated carbocycles. The number of ether oxygens (including phenoxy) is 1. The zero-order valence-electron chi connectivity index (χ0n) is 14.8. The summed E-state index contributed by atoms with van der Waals surface area (Å²) in [5.41, 5.74) is 3.31. The fraction of sp³-hybridized carbons (Fsp3) is 0.316. The Bertz CT molecular complexity index is 732. The van der Waals surface area contributed by atoms with Crippen LogP contribution in [0.5, 0.6) is 0 Å². The quantitative estimate of drug-likeness (QED) is 0.839. The molecule has 0 radical (unpaired) electrons. The van der Waals surface area contributed by atoms with E-state index in [-0.39, 0.29) is 18.4 Å². The summed E-state index contributed by atoms with van der Waals surface area (Å²) in [4.78, 5) is 30.5. The Morgan fingerprint density at radius 2 is 2.00 bits per heavy atom. The van der Waals surface area contributed by atoms with Crippen molar-refractivity contribution in [2.75, 3.05) is 32.1 Å². The van der Waals surface area contributed by atoms with Crippen LogP contribution in [0, 0.1) is 13.8 Å². The minimum absolute atomic E-state index is 0.0511. The third kappa shape index (κ3) is 5.12. The van der Waals surface area contributed by atoms with Crippen LogP contribution in [0.4, 0.5) is 5.69 Å². The Morgan fingerprint density at radius 1 is 1.20 bits per heavy atom. The van der Waals surface area contributed by atoms with Gasteiger partial charge in [-0.05, 0) is 43.2 Å². The van der Waals surface area contributed by atoms with Crippen LogP contribution >= 0.6 is 0 Å². The van der Waals surface area contributed by atoms with Crippen molar-refractivity contribution in [3.8, 4) is 0 Å². The van der Waals surface area contributed by atoms with Crippen LogP contribution in [0.15, 0.2) is 42.7 Å². The number of carbonyl (C=O) groups is 2. The summed E-state index contributed by atoms with van der Waals surface area (Å²) < 4.78 is 5.05. The lowest BCUT2D eigenvalue weighted by molar-refractivity contribution is -0.117. The van der Waals surface area contributed by atoms with Gasteiger partial charge in [0, 0.05) is 31.7 Å². The highest BCUT2D eigenvalue weighted by Crippen LogP contribution is 2.18. The van der Waals surface area contributed by atoms with Gasteiger partial charge in [-0.15, -0.1) is 0 Å². The maximum Gasteiger partial charge on any atom is 0.255 e. The fourth-order valence-corrected chi connectivity index (χ4v) is 2.38. The number of carbonyl (C=O) groups excluding carboxylic acids is 2. The van der Waals surface area contributed by atoms with Crippen LogP contribution in [0.25, 0.3) is 0 Å². The maximum atomic E-state index is 12.6. The summed E-state index contributed by atoms with van der Waals surface area (Å²) in [6, 6.07) is 9.10. The van der Waals surface area contributed by atoms with Crippen LogP contribution in [0.1, 0.15) is 21.5 Å². The van der Waals surface area contributed by atoms with Gasteiger partial charge in [0.05, 0.1) is 12.2 Å². The van der Waals surface area contributed by atoms with Crippen molar-refractivity contribution in [2.24, 2.45) is 0 Å². The van der Waals surface area contributed by atoms with Crippen molar-refractivity contribution >= 4 is 17.5 Å². The second kappa shape index (κ2) is 8.94. The molecule has 0 spiro atoms. The van der Waals surface area contributed by atoms with Crippen molar-refractivity contribution in [3.63, 3.8) is 0 Å². The normalized spacial score (nSPS) is 10.4. The van der Waals surface area contributed by atoms with Gasteiger partial charge in [-0.1, -0.05) is 12.1 Å². The summed E-state index contributed by atoms with van der Waals surface area (Å²) in [5, 5.41) is 2.88. The van der Waals surface area contributed by atoms with Crippen molar-refractivity contribution in [3.05, 3.63) is 59.4 Å². The third-order valence-electron chi connectivity index (χ3n) is 3.97. The monoisotopic (exact) mass is 341 g/mol. The highest BCUT2D eigenvalue weighted by atomic mass is 16.5. The molecule has 0 atom stereocenters. The summed E-state index contributed by atoms with van der Waals surface area (Å²) in [5.74, 6) is -0.497. The number of anilines is 1. The first-order chi connectivity index (χ1) is 12.0. The van der Waals surface area contributed by atoms with Crippen LogP contribution < -0.4 is 5.32 Å². The van der Waals surface area contributed by atoms with E-state index in [1.807, 2.05) is 32.0 Å². The number of pyridine rings is 1. The van der Waals surface area contributed by atoms with Crippen LogP contribution in [0.3, 0.4) is 0 Å². The van der Waals surface area contributed by atoms with Gasteiger partial charge in [0.25, 0.3) is 5.91 Å². The molecule has 6 nitrogen and oxygen atoms in total. The molecule has 132 valence electrons. The van der Waals surface area contributed by atoms with E-state index in [4.69, 9.17) is 4.74 Å². The van der Waals surface area contributed by atoms with Gasteiger partial charge in [-0.2, -0.15) is 0 Å². The van der Waals surface area contributed by atoms with Crippen LogP contribution in [0.2, 0.25) is 0 Å². The summed E-state index contributed by atoms with van der Waals surface area (Å²) >= 11 is 0. The van der Waals surface area contributed by atoms with E-state index in [1.165, 1.54) is 11.1 Å². The molecule has 0 aliphatic rings. The molecular formula is C19H23N3O3. The third-order valence-corrected chi connectivity index (χ3v) is 3.97. The molecule has 1 aromatic carbocycles. The fourth-order valence-electron chi connectivity index (χ4n) is 2.38. The number of methoxy groups -OCH3 is 1. The number of rotatable bonds is 7. The molecular weight excluding hydrogens is 318 g/mol. The highest BCUT2D eigenvalue weighted by Gasteiger charge is 2.19. The molecule has 0 fully saturated rings. The first kappa shape index (κ1) is 18.6. The molecule has 0 saturated heterocycles. The zero-order chi connectivity index (χ0) is 18.2. The molecule has 0 aliphatic carbocycles. The standard InChI is InChI=1S/C19H23N3O3/c1-14-6-4-8-17(15(14)2)21-18(23)13-22(10-11-25-3)19(24)16-7-5-9-20-12-16/h4-9,12H,10-11,13H2,1-3H3,(H,21,23). The molecule has 0 unspecified atom stereocenters. The maximum absolute atomic E-state index is 12.6. The predicted molar refractivity (Wildman–Crippen MR) is 96.6 cm³/mol. The van der Waals surface area contributed by atoms with E-state index in [0.717, 1.165) is 16.8 Å². The molecule has 2 amide bonds. The minimum atomic E-state index is -0.249. The number of aryl methyl sites for hydroxylation is 1. The molecule has 0 bridgehead atoms. The molecule has 6 heteroatoms. The minimum Gasteiger partial charge on any atom is -0.383 e. The lowest BCUT2D eigenvalue weighted by Gasteiger charge is -2.22. The van der Waals surface area contributed by atoms with E-state index in [0.29, 0.717) is 18.7 Å². The average Bonchev–Trinajstić information content (AvgIpc) is 2.62. The zero-order valence-corrected chi connectivity index (χ0v) is 14.8. The van der Waals surface area contributed by atoms with E-state index >= 15 is 0 Å². The van der Waals surface area contributed by atoms with Crippen molar-refractivity contribution < 1.29 is 14.3 Å². The number of amides is 2. The Kier molecular flexibility index (Phi) is 6.65. The van der Waals surface area contributed by atoms with E-state index in [1.54, 1.807) is 25.4 Å². The molecule has 1 N–H and O–H groups in total. The lowest BCUT2D eigenvalue weighted by Crippen LogP contribution is -2.40. The first-order valence-corrected chi connectivity index (χ1v) is 8.07. The van der Waals surface area contributed by atoms with E-state index < -0.39 is 0 Å². The largest absolute Gasteiger partial charge is 0.383 e. The van der Waals surface area contributed by atoms with Gasteiger partial charge in [-0.25, -0.2) is 0 Å². The van der Waals surface area contributed by atoms with Gasteiger partial charge in [-0.3, -0.25) is 14.6 Å².